The molecule has 0 saturated carbocycles. The second kappa shape index (κ2) is 5.87. The summed E-state index contributed by atoms with van der Waals surface area (Å²) >= 11 is 3.34. The number of hydrogen-bond donors (Lipinski definition) is 1. The first-order valence-corrected chi connectivity index (χ1v) is 7.75. The van der Waals surface area contributed by atoms with Crippen molar-refractivity contribution in [3.8, 4) is 0 Å². The molecular formula is C15H18BrN3O. The number of hydrogen-bond acceptors (Lipinski definition) is 4. The first-order valence-electron chi connectivity index (χ1n) is 6.96. The van der Waals surface area contributed by atoms with E-state index in [1.165, 1.54) is 12.8 Å². The van der Waals surface area contributed by atoms with Gasteiger partial charge in [0.15, 0.2) is 10.5 Å². The third-order valence-corrected chi connectivity index (χ3v) is 4.01. The summed E-state index contributed by atoms with van der Waals surface area (Å²) < 4.78 is 6.36. The summed E-state index contributed by atoms with van der Waals surface area (Å²) in [4.78, 5) is 6.88. The number of rotatable bonds is 4. The zero-order chi connectivity index (χ0) is 13.9. The quantitative estimate of drug-likeness (QED) is 0.908. The van der Waals surface area contributed by atoms with Crippen LogP contribution in [0.25, 0.3) is 0 Å². The van der Waals surface area contributed by atoms with E-state index in [0.29, 0.717) is 0 Å². The van der Waals surface area contributed by atoms with Crippen molar-refractivity contribution in [3.63, 3.8) is 0 Å². The summed E-state index contributed by atoms with van der Waals surface area (Å²) in [5, 5.41) is 3.50. The van der Waals surface area contributed by atoms with Gasteiger partial charge in [-0.15, -0.1) is 0 Å². The Morgan fingerprint density at radius 2 is 2.10 bits per heavy atom. The molecule has 0 aromatic carbocycles. The average Bonchev–Trinajstić information content (AvgIpc) is 3.10. The summed E-state index contributed by atoms with van der Waals surface area (Å²) in [7, 11) is 0. The predicted molar refractivity (Wildman–Crippen MR) is 84.1 cm³/mol. The minimum atomic E-state index is 0.104. The highest BCUT2D eigenvalue weighted by molar-refractivity contribution is 9.10. The average molecular weight is 336 g/mol. The molecule has 3 heterocycles. The van der Waals surface area contributed by atoms with Crippen LogP contribution < -0.4 is 10.2 Å². The molecule has 5 heteroatoms. The number of furan rings is 1. The van der Waals surface area contributed by atoms with Gasteiger partial charge in [0.1, 0.15) is 5.76 Å². The SMILES string of the molecule is CC(Nc1cccnc1N1CCCC1)c1ccc(Br)o1. The van der Waals surface area contributed by atoms with Crippen LogP contribution in [0.1, 0.15) is 31.6 Å². The Morgan fingerprint density at radius 1 is 1.30 bits per heavy atom. The van der Waals surface area contributed by atoms with Crippen LogP contribution in [0.5, 0.6) is 0 Å². The third-order valence-electron chi connectivity index (χ3n) is 3.59. The number of aromatic nitrogens is 1. The maximum Gasteiger partial charge on any atom is 0.169 e. The highest BCUT2D eigenvalue weighted by Crippen LogP contribution is 2.30. The zero-order valence-electron chi connectivity index (χ0n) is 11.5. The topological polar surface area (TPSA) is 41.3 Å². The fourth-order valence-electron chi connectivity index (χ4n) is 2.56. The maximum absolute atomic E-state index is 5.60. The highest BCUT2D eigenvalue weighted by Gasteiger charge is 2.18. The van der Waals surface area contributed by atoms with Gasteiger partial charge in [-0.05, 0) is 60.0 Å². The fourth-order valence-corrected chi connectivity index (χ4v) is 2.88. The molecule has 1 atom stereocenters. The Labute approximate surface area is 127 Å². The van der Waals surface area contributed by atoms with Crippen LogP contribution in [-0.2, 0) is 0 Å². The van der Waals surface area contributed by atoms with Gasteiger partial charge in [-0.1, -0.05) is 0 Å². The molecule has 1 unspecified atom stereocenters. The molecule has 0 spiro atoms. The van der Waals surface area contributed by atoms with Crippen LogP contribution in [0.15, 0.2) is 39.5 Å². The lowest BCUT2D eigenvalue weighted by Gasteiger charge is -2.22. The number of nitrogens with zero attached hydrogens (tertiary/aromatic N) is 2. The fraction of sp³-hybridized carbons (Fsp3) is 0.400. The number of halogens is 1. The van der Waals surface area contributed by atoms with Gasteiger partial charge in [0.05, 0.1) is 11.7 Å². The van der Waals surface area contributed by atoms with Crippen molar-refractivity contribution in [2.75, 3.05) is 23.3 Å². The number of pyridine rings is 1. The molecule has 0 radical (unpaired) electrons. The van der Waals surface area contributed by atoms with E-state index in [9.17, 15) is 0 Å². The molecule has 1 saturated heterocycles. The van der Waals surface area contributed by atoms with E-state index in [1.54, 1.807) is 0 Å². The lowest BCUT2D eigenvalue weighted by Crippen LogP contribution is -2.21. The second-order valence-electron chi connectivity index (χ2n) is 5.08. The van der Waals surface area contributed by atoms with E-state index in [1.807, 2.05) is 24.4 Å². The molecule has 2 aromatic rings. The van der Waals surface area contributed by atoms with Crippen molar-refractivity contribution < 1.29 is 4.42 Å². The summed E-state index contributed by atoms with van der Waals surface area (Å²) in [6, 6.07) is 8.04. The first-order chi connectivity index (χ1) is 9.74. The van der Waals surface area contributed by atoms with Crippen molar-refractivity contribution in [2.45, 2.75) is 25.8 Å². The van der Waals surface area contributed by atoms with Crippen molar-refractivity contribution in [2.24, 2.45) is 0 Å². The zero-order valence-corrected chi connectivity index (χ0v) is 13.1. The Hall–Kier alpha value is -1.49. The Kier molecular flexibility index (Phi) is 3.96. The van der Waals surface area contributed by atoms with Gasteiger partial charge in [0.2, 0.25) is 0 Å². The molecule has 106 valence electrons. The third kappa shape index (κ3) is 2.82. The van der Waals surface area contributed by atoms with Crippen LogP contribution in [0.4, 0.5) is 11.5 Å². The number of nitrogens with one attached hydrogen (secondary N) is 1. The largest absolute Gasteiger partial charge is 0.452 e. The van der Waals surface area contributed by atoms with Gasteiger partial charge in [-0.25, -0.2) is 4.98 Å². The minimum Gasteiger partial charge on any atom is -0.452 e. The lowest BCUT2D eigenvalue weighted by molar-refractivity contribution is 0.471. The van der Waals surface area contributed by atoms with E-state index in [4.69, 9.17) is 4.42 Å². The van der Waals surface area contributed by atoms with Crippen LogP contribution >= 0.6 is 15.9 Å². The Balaban J connectivity index is 1.79. The summed E-state index contributed by atoms with van der Waals surface area (Å²) in [6.45, 7) is 4.27. The van der Waals surface area contributed by atoms with Gasteiger partial charge in [0, 0.05) is 19.3 Å². The van der Waals surface area contributed by atoms with Crippen LogP contribution in [-0.4, -0.2) is 18.1 Å². The normalized spacial score (nSPS) is 16.4. The van der Waals surface area contributed by atoms with E-state index in [-0.39, 0.29) is 6.04 Å². The summed E-state index contributed by atoms with van der Waals surface area (Å²) in [5.41, 5.74) is 1.06. The first kappa shape index (κ1) is 13.5. The minimum absolute atomic E-state index is 0.104. The van der Waals surface area contributed by atoms with Crippen molar-refractivity contribution in [3.05, 3.63) is 40.9 Å². The highest BCUT2D eigenvalue weighted by atomic mass is 79.9. The van der Waals surface area contributed by atoms with Crippen LogP contribution in [0.2, 0.25) is 0 Å². The van der Waals surface area contributed by atoms with E-state index in [2.05, 4.69) is 44.1 Å². The van der Waals surface area contributed by atoms with Crippen LogP contribution in [0.3, 0.4) is 0 Å². The van der Waals surface area contributed by atoms with Crippen LogP contribution in [0, 0.1) is 0 Å². The van der Waals surface area contributed by atoms with E-state index >= 15 is 0 Å². The van der Waals surface area contributed by atoms with E-state index in [0.717, 1.165) is 35.0 Å². The Morgan fingerprint density at radius 3 is 2.80 bits per heavy atom. The molecule has 2 aromatic heterocycles. The monoisotopic (exact) mass is 335 g/mol. The number of anilines is 2. The maximum atomic E-state index is 5.60. The summed E-state index contributed by atoms with van der Waals surface area (Å²) in [5.74, 6) is 1.95. The molecule has 3 rings (SSSR count). The molecule has 20 heavy (non-hydrogen) atoms. The van der Waals surface area contributed by atoms with Gasteiger partial charge >= 0.3 is 0 Å². The van der Waals surface area contributed by atoms with E-state index < -0.39 is 0 Å². The molecule has 1 fully saturated rings. The molecular weight excluding hydrogens is 318 g/mol. The molecule has 1 N–H and O–H groups in total. The molecule has 0 bridgehead atoms. The predicted octanol–water partition coefficient (Wildman–Crippen LogP) is 4.21. The smallest absolute Gasteiger partial charge is 0.169 e. The molecule has 4 nitrogen and oxygen atoms in total. The summed E-state index contributed by atoms with van der Waals surface area (Å²) in [6.07, 6.45) is 4.35. The van der Waals surface area contributed by atoms with Gasteiger partial charge in [-0.3, -0.25) is 0 Å². The van der Waals surface area contributed by atoms with Gasteiger partial charge in [0.25, 0.3) is 0 Å². The van der Waals surface area contributed by atoms with Crippen molar-refractivity contribution in [1.82, 2.24) is 4.98 Å². The van der Waals surface area contributed by atoms with Gasteiger partial charge in [-0.2, -0.15) is 0 Å². The lowest BCUT2D eigenvalue weighted by atomic mass is 10.2. The van der Waals surface area contributed by atoms with Gasteiger partial charge < -0.3 is 14.6 Å². The molecule has 1 aliphatic heterocycles. The van der Waals surface area contributed by atoms with Crippen molar-refractivity contribution >= 4 is 27.4 Å². The second-order valence-corrected chi connectivity index (χ2v) is 5.86. The molecule has 0 amide bonds. The molecule has 1 aliphatic rings. The standard InChI is InChI=1S/C15H18BrN3O/c1-11(13-6-7-14(16)20-13)18-12-5-4-8-17-15(12)19-9-2-3-10-19/h4-8,11,18H,2-3,9-10H2,1H3. The van der Waals surface area contributed by atoms with Crippen molar-refractivity contribution in [1.29, 1.82) is 0 Å². The molecule has 0 aliphatic carbocycles. The Bertz CT molecular complexity index is 578.